The van der Waals surface area contributed by atoms with Crippen molar-refractivity contribution in [2.45, 2.75) is 97.0 Å². The summed E-state index contributed by atoms with van der Waals surface area (Å²) in [7, 11) is 0. The van der Waals surface area contributed by atoms with Gasteiger partial charge in [0.25, 0.3) is 0 Å². The Morgan fingerprint density at radius 1 is 1.06 bits per heavy atom. The highest BCUT2D eigenvalue weighted by Crippen LogP contribution is 2.63. The lowest BCUT2D eigenvalue weighted by Gasteiger charge is -2.53. The van der Waals surface area contributed by atoms with Crippen LogP contribution in [0.5, 0.6) is 5.75 Å². The van der Waals surface area contributed by atoms with Crippen molar-refractivity contribution < 1.29 is 24.2 Å². The number of carbonyl (C=O) groups excluding carboxylic acids is 2. The second kappa shape index (κ2) is 10.2. The molecule has 0 unspecified atom stereocenters. The number of unbranched alkanes of at least 4 members (excludes halogenated alkanes) is 3. The van der Waals surface area contributed by atoms with Gasteiger partial charge in [-0.25, -0.2) is 0 Å². The largest absolute Gasteiger partial charge is 0.462 e. The van der Waals surface area contributed by atoms with Crippen LogP contribution in [0.1, 0.15) is 95.6 Å². The minimum absolute atomic E-state index is 0.0406. The standard InChI is InChI=1S/C28H40O5/c1-18(30)32-22-9-10-23-21(17-22)16-20(8-6-4-5-7-15-29)27-24(23)13-14-28(3)25(27)11-12-26(28)33-19(2)31/h9-10,17,20,24-27,29H,4-8,11-16H2,1-3H3/t20-,24-,25+,26+,27-,28+/m1/s1. The normalized spacial score (nSPS) is 32.4. The first-order valence-corrected chi connectivity index (χ1v) is 12.9. The predicted molar refractivity (Wildman–Crippen MR) is 127 cm³/mol. The number of rotatable bonds is 8. The number of benzene rings is 1. The number of ether oxygens (including phenoxy) is 2. The van der Waals surface area contributed by atoms with Gasteiger partial charge >= 0.3 is 11.9 Å². The molecule has 0 saturated heterocycles. The molecule has 2 saturated carbocycles. The highest BCUT2D eigenvalue weighted by molar-refractivity contribution is 5.69. The molecule has 4 rings (SSSR count). The summed E-state index contributed by atoms with van der Waals surface area (Å²) in [6.45, 7) is 5.63. The lowest BCUT2D eigenvalue weighted by atomic mass is 9.52. The fourth-order valence-electron chi connectivity index (χ4n) is 7.50. The summed E-state index contributed by atoms with van der Waals surface area (Å²) < 4.78 is 11.2. The lowest BCUT2D eigenvalue weighted by Crippen LogP contribution is -2.48. The van der Waals surface area contributed by atoms with E-state index in [0.717, 1.165) is 51.4 Å². The zero-order valence-corrected chi connectivity index (χ0v) is 20.5. The minimum atomic E-state index is -0.278. The molecule has 1 N–H and O–H groups in total. The molecule has 0 heterocycles. The van der Waals surface area contributed by atoms with E-state index in [-0.39, 0.29) is 30.1 Å². The quantitative estimate of drug-likeness (QED) is 0.315. The Bertz CT molecular complexity index is 864. The first-order valence-electron chi connectivity index (χ1n) is 12.9. The van der Waals surface area contributed by atoms with E-state index in [4.69, 9.17) is 14.6 Å². The van der Waals surface area contributed by atoms with E-state index < -0.39 is 0 Å². The van der Waals surface area contributed by atoms with Crippen molar-refractivity contribution in [2.75, 3.05) is 6.61 Å². The number of esters is 2. The third-order valence-electron chi connectivity index (χ3n) is 8.84. The number of hydrogen-bond donors (Lipinski definition) is 1. The molecule has 33 heavy (non-hydrogen) atoms. The topological polar surface area (TPSA) is 72.8 Å². The van der Waals surface area contributed by atoms with Gasteiger partial charge in [0.1, 0.15) is 11.9 Å². The van der Waals surface area contributed by atoms with Gasteiger partial charge in [0.05, 0.1) is 0 Å². The van der Waals surface area contributed by atoms with Gasteiger partial charge in [0.15, 0.2) is 0 Å². The monoisotopic (exact) mass is 456 g/mol. The summed E-state index contributed by atoms with van der Waals surface area (Å²) >= 11 is 0. The van der Waals surface area contributed by atoms with Crippen molar-refractivity contribution in [3.8, 4) is 5.75 Å². The highest BCUT2D eigenvalue weighted by Gasteiger charge is 2.57. The van der Waals surface area contributed by atoms with Crippen LogP contribution >= 0.6 is 0 Å². The molecule has 3 aliphatic rings. The predicted octanol–water partition coefficient (Wildman–Crippen LogP) is 5.57. The molecule has 5 heteroatoms. The second-order valence-corrected chi connectivity index (χ2v) is 10.9. The zero-order chi connectivity index (χ0) is 23.6. The van der Waals surface area contributed by atoms with Crippen LogP contribution in [0, 0.1) is 23.2 Å². The van der Waals surface area contributed by atoms with Gasteiger partial charge in [-0.05, 0) is 91.9 Å². The summed E-state index contributed by atoms with van der Waals surface area (Å²) in [5.74, 6) is 2.51. The molecular weight excluding hydrogens is 416 g/mol. The Hall–Kier alpha value is -1.88. The fourth-order valence-corrected chi connectivity index (χ4v) is 7.50. The van der Waals surface area contributed by atoms with Crippen LogP contribution in [-0.2, 0) is 20.7 Å². The van der Waals surface area contributed by atoms with Crippen LogP contribution in [-0.4, -0.2) is 29.8 Å². The lowest BCUT2D eigenvalue weighted by molar-refractivity contribution is -0.155. The third-order valence-corrected chi connectivity index (χ3v) is 8.84. The minimum Gasteiger partial charge on any atom is -0.462 e. The van der Waals surface area contributed by atoms with E-state index in [0.29, 0.717) is 29.4 Å². The molecule has 3 aliphatic carbocycles. The van der Waals surface area contributed by atoms with Crippen molar-refractivity contribution in [1.29, 1.82) is 0 Å². The van der Waals surface area contributed by atoms with Gasteiger partial charge in [-0.1, -0.05) is 32.3 Å². The second-order valence-electron chi connectivity index (χ2n) is 10.9. The van der Waals surface area contributed by atoms with Crippen LogP contribution in [0.25, 0.3) is 0 Å². The van der Waals surface area contributed by atoms with Crippen LogP contribution in [0.15, 0.2) is 18.2 Å². The number of fused-ring (bicyclic) bond motifs is 5. The van der Waals surface area contributed by atoms with Crippen LogP contribution in [0.3, 0.4) is 0 Å². The maximum Gasteiger partial charge on any atom is 0.308 e. The third kappa shape index (κ3) is 4.99. The Balaban J connectivity index is 1.60. The summed E-state index contributed by atoms with van der Waals surface area (Å²) in [4.78, 5) is 23.3. The van der Waals surface area contributed by atoms with E-state index in [1.54, 1.807) is 0 Å². The SMILES string of the molecule is CC(=O)Oc1ccc2c(c1)C[C@@H](CCCCCCO)[C@@H]1[C@@H]2CC[C@]2(C)[C@@H](OC(C)=O)CC[C@@H]12. The van der Waals surface area contributed by atoms with E-state index in [1.807, 2.05) is 6.07 Å². The number of aliphatic hydroxyl groups is 1. The first kappa shape index (κ1) is 24.3. The molecule has 1 aromatic rings. The van der Waals surface area contributed by atoms with Crippen LogP contribution < -0.4 is 4.74 Å². The molecule has 2 fully saturated rings. The van der Waals surface area contributed by atoms with E-state index >= 15 is 0 Å². The zero-order valence-electron chi connectivity index (χ0n) is 20.5. The molecule has 182 valence electrons. The molecule has 0 radical (unpaired) electrons. The molecule has 0 aromatic heterocycles. The number of hydrogen-bond acceptors (Lipinski definition) is 5. The van der Waals surface area contributed by atoms with Crippen molar-refractivity contribution in [2.24, 2.45) is 23.2 Å². The van der Waals surface area contributed by atoms with E-state index in [9.17, 15) is 9.59 Å². The van der Waals surface area contributed by atoms with Gasteiger partial charge in [-0.3, -0.25) is 9.59 Å². The smallest absolute Gasteiger partial charge is 0.308 e. The van der Waals surface area contributed by atoms with Gasteiger partial charge in [-0.15, -0.1) is 0 Å². The van der Waals surface area contributed by atoms with Crippen molar-refractivity contribution >= 4 is 11.9 Å². The molecule has 0 bridgehead atoms. The summed E-state index contributed by atoms with van der Waals surface area (Å²) in [6.07, 6.45) is 10.9. The van der Waals surface area contributed by atoms with Gasteiger partial charge in [0.2, 0.25) is 0 Å². The Kier molecular flexibility index (Phi) is 7.47. The van der Waals surface area contributed by atoms with Crippen molar-refractivity contribution in [1.82, 2.24) is 0 Å². The molecular formula is C28H40O5. The van der Waals surface area contributed by atoms with Crippen LogP contribution in [0.4, 0.5) is 0 Å². The number of carbonyl (C=O) groups is 2. The molecule has 5 nitrogen and oxygen atoms in total. The van der Waals surface area contributed by atoms with Crippen molar-refractivity contribution in [3.63, 3.8) is 0 Å². The van der Waals surface area contributed by atoms with E-state index in [1.165, 1.54) is 37.8 Å². The van der Waals surface area contributed by atoms with Gasteiger partial charge < -0.3 is 14.6 Å². The molecule has 0 aliphatic heterocycles. The summed E-state index contributed by atoms with van der Waals surface area (Å²) in [6, 6.07) is 6.25. The Morgan fingerprint density at radius 3 is 2.58 bits per heavy atom. The van der Waals surface area contributed by atoms with Gasteiger partial charge in [-0.2, -0.15) is 0 Å². The maximum atomic E-state index is 11.8. The van der Waals surface area contributed by atoms with Crippen molar-refractivity contribution in [3.05, 3.63) is 29.3 Å². The Labute approximate surface area is 198 Å². The maximum absolute atomic E-state index is 11.8. The summed E-state index contributed by atoms with van der Waals surface area (Å²) in [5.41, 5.74) is 2.84. The summed E-state index contributed by atoms with van der Waals surface area (Å²) in [5, 5.41) is 9.11. The average molecular weight is 457 g/mol. The average Bonchev–Trinajstić information content (AvgIpc) is 3.08. The molecule has 0 amide bonds. The first-order chi connectivity index (χ1) is 15.8. The highest BCUT2D eigenvalue weighted by atomic mass is 16.5. The molecule has 0 spiro atoms. The Morgan fingerprint density at radius 2 is 1.85 bits per heavy atom. The molecule has 6 atom stereocenters. The number of aliphatic hydroxyl groups excluding tert-OH is 1. The fraction of sp³-hybridized carbons (Fsp3) is 0.714. The van der Waals surface area contributed by atoms with E-state index in [2.05, 4.69) is 19.1 Å². The molecule has 1 aromatic carbocycles. The van der Waals surface area contributed by atoms with Crippen LogP contribution in [0.2, 0.25) is 0 Å². The van der Waals surface area contributed by atoms with Gasteiger partial charge in [0, 0.05) is 25.9 Å².